The number of methoxy groups -OCH3 is 2. The first-order valence-corrected chi connectivity index (χ1v) is 6.93. The van der Waals surface area contributed by atoms with Gasteiger partial charge in [0.15, 0.2) is 0 Å². The Labute approximate surface area is 125 Å². The van der Waals surface area contributed by atoms with Gasteiger partial charge in [-0.3, -0.25) is 0 Å². The van der Waals surface area contributed by atoms with E-state index in [2.05, 4.69) is 24.4 Å². The molecule has 1 atom stereocenters. The van der Waals surface area contributed by atoms with Crippen molar-refractivity contribution >= 4 is 5.69 Å². The van der Waals surface area contributed by atoms with Gasteiger partial charge in [0.05, 0.1) is 20.3 Å². The molecule has 0 fully saturated rings. The molecular formula is C17H22N2O2. The van der Waals surface area contributed by atoms with Gasteiger partial charge >= 0.3 is 0 Å². The number of benzene rings is 2. The third kappa shape index (κ3) is 3.67. The predicted molar refractivity (Wildman–Crippen MR) is 86.1 cm³/mol. The number of anilines is 1. The first-order chi connectivity index (χ1) is 10.2. The lowest BCUT2D eigenvalue weighted by Crippen LogP contribution is -2.21. The van der Waals surface area contributed by atoms with Crippen LogP contribution in [0.2, 0.25) is 0 Å². The van der Waals surface area contributed by atoms with Crippen LogP contribution in [0.4, 0.5) is 5.69 Å². The molecule has 0 saturated heterocycles. The van der Waals surface area contributed by atoms with Crippen molar-refractivity contribution in [2.75, 3.05) is 26.1 Å². The summed E-state index contributed by atoms with van der Waals surface area (Å²) < 4.78 is 10.7. The number of aryl methyl sites for hydroxylation is 1. The molecule has 0 spiro atoms. The Balaban J connectivity index is 2.29. The first-order valence-electron chi connectivity index (χ1n) is 6.93. The van der Waals surface area contributed by atoms with Gasteiger partial charge in [0, 0.05) is 17.8 Å². The van der Waals surface area contributed by atoms with E-state index >= 15 is 0 Å². The quantitative estimate of drug-likeness (QED) is 0.856. The van der Waals surface area contributed by atoms with Crippen LogP contribution < -0.4 is 20.5 Å². The Morgan fingerprint density at radius 2 is 1.76 bits per heavy atom. The summed E-state index contributed by atoms with van der Waals surface area (Å²) in [6.45, 7) is 2.52. The maximum Gasteiger partial charge on any atom is 0.124 e. The standard InChI is InChI=1S/C17H22N2O2/c1-12-4-6-13(7-5-12)19-16(11-18)15-10-14(20-2)8-9-17(15)21-3/h4-10,16,19H,11,18H2,1-3H3. The SMILES string of the molecule is COc1ccc(OC)c(C(CN)Nc2ccc(C)cc2)c1. The van der Waals surface area contributed by atoms with E-state index in [1.165, 1.54) is 5.56 Å². The average molecular weight is 286 g/mol. The van der Waals surface area contributed by atoms with Crippen molar-refractivity contribution in [3.05, 3.63) is 53.6 Å². The van der Waals surface area contributed by atoms with E-state index in [-0.39, 0.29) is 6.04 Å². The summed E-state index contributed by atoms with van der Waals surface area (Å²) in [5, 5.41) is 3.44. The maximum absolute atomic E-state index is 5.94. The molecule has 0 radical (unpaired) electrons. The van der Waals surface area contributed by atoms with E-state index in [0.29, 0.717) is 6.54 Å². The Bertz CT molecular complexity index is 582. The van der Waals surface area contributed by atoms with E-state index in [4.69, 9.17) is 15.2 Å². The van der Waals surface area contributed by atoms with Gasteiger partial charge in [0.2, 0.25) is 0 Å². The van der Waals surface area contributed by atoms with E-state index in [9.17, 15) is 0 Å². The van der Waals surface area contributed by atoms with Crippen molar-refractivity contribution in [3.8, 4) is 11.5 Å². The zero-order chi connectivity index (χ0) is 15.2. The monoisotopic (exact) mass is 286 g/mol. The Kier molecular flexibility index (Phi) is 5.06. The van der Waals surface area contributed by atoms with Crippen LogP contribution in [-0.2, 0) is 0 Å². The van der Waals surface area contributed by atoms with E-state index in [1.54, 1.807) is 14.2 Å². The molecule has 2 rings (SSSR count). The zero-order valence-corrected chi connectivity index (χ0v) is 12.7. The molecule has 0 saturated carbocycles. The fourth-order valence-electron chi connectivity index (χ4n) is 2.23. The van der Waals surface area contributed by atoms with E-state index in [1.807, 2.05) is 30.3 Å². The summed E-state index contributed by atoms with van der Waals surface area (Å²) in [6.07, 6.45) is 0. The molecular weight excluding hydrogens is 264 g/mol. The van der Waals surface area contributed by atoms with Crippen LogP contribution in [0.15, 0.2) is 42.5 Å². The van der Waals surface area contributed by atoms with Crippen LogP contribution in [0.3, 0.4) is 0 Å². The number of hydrogen-bond donors (Lipinski definition) is 2. The fraction of sp³-hybridized carbons (Fsp3) is 0.294. The molecule has 0 aliphatic carbocycles. The van der Waals surface area contributed by atoms with Gasteiger partial charge in [-0.05, 0) is 37.3 Å². The summed E-state index contributed by atoms with van der Waals surface area (Å²) in [4.78, 5) is 0. The minimum atomic E-state index is -0.0437. The second-order valence-corrected chi connectivity index (χ2v) is 4.91. The average Bonchev–Trinajstić information content (AvgIpc) is 2.53. The third-order valence-corrected chi connectivity index (χ3v) is 3.44. The molecule has 2 aromatic carbocycles. The lowest BCUT2D eigenvalue weighted by atomic mass is 10.0. The first kappa shape index (κ1) is 15.2. The molecule has 4 heteroatoms. The lowest BCUT2D eigenvalue weighted by molar-refractivity contribution is 0.396. The second-order valence-electron chi connectivity index (χ2n) is 4.91. The van der Waals surface area contributed by atoms with Crippen molar-refractivity contribution in [3.63, 3.8) is 0 Å². The molecule has 0 heterocycles. The topological polar surface area (TPSA) is 56.5 Å². The van der Waals surface area contributed by atoms with E-state index in [0.717, 1.165) is 22.7 Å². The second kappa shape index (κ2) is 6.99. The highest BCUT2D eigenvalue weighted by molar-refractivity contribution is 5.50. The van der Waals surface area contributed by atoms with Crippen LogP contribution in [-0.4, -0.2) is 20.8 Å². The molecule has 0 aromatic heterocycles. The Hall–Kier alpha value is -2.20. The number of nitrogens with two attached hydrogens (primary N) is 1. The maximum atomic E-state index is 5.94. The number of hydrogen-bond acceptors (Lipinski definition) is 4. The molecule has 4 nitrogen and oxygen atoms in total. The van der Waals surface area contributed by atoms with Crippen molar-refractivity contribution in [1.82, 2.24) is 0 Å². The van der Waals surface area contributed by atoms with Crippen LogP contribution in [0, 0.1) is 6.92 Å². The largest absolute Gasteiger partial charge is 0.497 e. The summed E-state index contributed by atoms with van der Waals surface area (Å²) in [5.41, 5.74) is 9.18. The molecule has 0 aliphatic rings. The van der Waals surface area contributed by atoms with Crippen LogP contribution >= 0.6 is 0 Å². The van der Waals surface area contributed by atoms with Crippen molar-refractivity contribution in [1.29, 1.82) is 0 Å². The Morgan fingerprint density at radius 1 is 1.05 bits per heavy atom. The summed E-state index contributed by atoms with van der Waals surface area (Å²) in [6, 6.07) is 13.9. The summed E-state index contributed by atoms with van der Waals surface area (Å²) >= 11 is 0. The normalized spacial score (nSPS) is 11.8. The lowest BCUT2D eigenvalue weighted by Gasteiger charge is -2.21. The fourth-order valence-corrected chi connectivity index (χ4v) is 2.23. The highest BCUT2D eigenvalue weighted by Gasteiger charge is 2.16. The molecule has 1 unspecified atom stereocenters. The van der Waals surface area contributed by atoms with Crippen molar-refractivity contribution in [2.24, 2.45) is 5.73 Å². The Morgan fingerprint density at radius 3 is 2.33 bits per heavy atom. The summed E-state index contributed by atoms with van der Waals surface area (Å²) in [5.74, 6) is 1.58. The van der Waals surface area contributed by atoms with Crippen LogP contribution in [0.5, 0.6) is 11.5 Å². The minimum absolute atomic E-state index is 0.0437. The molecule has 0 amide bonds. The van der Waals surface area contributed by atoms with Crippen LogP contribution in [0.25, 0.3) is 0 Å². The highest BCUT2D eigenvalue weighted by Crippen LogP contribution is 2.31. The number of nitrogens with one attached hydrogen (secondary N) is 1. The molecule has 0 bridgehead atoms. The molecule has 2 aromatic rings. The smallest absolute Gasteiger partial charge is 0.124 e. The summed E-state index contributed by atoms with van der Waals surface area (Å²) in [7, 11) is 3.31. The van der Waals surface area contributed by atoms with Gasteiger partial charge in [0.25, 0.3) is 0 Å². The minimum Gasteiger partial charge on any atom is -0.497 e. The van der Waals surface area contributed by atoms with Crippen LogP contribution in [0.1, 0.15) is 17.2 Å². The van der Waals surface area contributed by atoms with Gasteiger partial charge < -0.3 is 20.5 Å². The van der Waals surface area contributed by atoms with E-state index < -0.39 is 0 Å². The van der Waals surface area contributed by atoms with Crippen molar-refractivity contribution in [2.45, 2.75) is 13.0 Å². The highest BCUT2D eigenvalue weighted by atomic mass is 16.5. The molecule has 0 aliphatic heterocycles. The van der Waals surface area contributed by atoms with Crippen molar-refractivity contribution < 1.29 is 9.47 Å². The van der Waals surface area contributed by atoms with Gasteiger partial charge in [-0.2, -0.15) is 0 Å². The molecule has 112 valence electrons. The van der Waals surface area contributed by atoms with Gasteiger partial charge in [-0.1, -0.05) is 17.7 Å². The zero-order valence-electron chi connectivity index (χ0n) is 12.7. The predicted octanol–water partition coefficient (Wildman–Crippen LogP) is 3.12. The third-order valence-electron chi connectivity index (χ3n) is 3.44. The number of rotatable bonds is 6. The number of ether oxygens (including phenoxy) is 2. The van der Waals surface area contributed by atoms with Gasteiger partial charge in [0.1, 0.15) is 11.5 Å². The molecule has 21 heavy (non-hydrogen) atoms. The molecule has 3 N–H and O–H groups in total. The van der Waals surface area contributed by atoms with Gasteiger partial charge in [-0.15, -0.1) is 0 Å². The van der Waals surface area contributed by atoms with Gasteiger partial charge in [-0.25, -0.2) is 0 Å².